The molecule has 1 aromatic carbocycles. The number of amides is 16. The first-order valence-corrected chi connectivity index (χ1v) is 43.5. The van der Waals surface area contributed by atoms with Gasteiger partial charge in [0.25, 0.3) is 0 Å². The van der Waals surface area contributed by atoms with Crippen molar-refractivity contribution >= 4 is 130 Å². The highest BCUT2D eigenvalue weighted by Gasteiger charge is 2.38. The quantitative estimate of drug-likeness (QED) is 0.0166. The van der Waals surface area contributed by atoms with Crippen LogP contribution in [0.1, 0.15) is 156 Å². The minimum atomic E-state index is -1.87. The number of aromatic nitrogens is 2. The predicted octanol–water partition coefficient (Wildman–Crippen LogP) is -9.31. The summed E-state index contributed by atoms with van der Waals surface area (Å²) >= 11 is 1.30. The van der Waals surface area contributed by atoms with Gasteiger partial charge in [0.05, 0.1) is 31.2 Å². The Balaban J connectivity index is 2.45. The number of H-pyrrole nitrogens is 1. The topological polar surface area (TPSA) is 830 Å². The van der Waals surface area contributed by atoms with E-state index in [0.717, 1.165) is 0 Å². The van der Waals surface area contributed by atoms with Crippen LogP contribution in [-0.2, 0) is 94.3 Å². The van der Waals surface area contributed by atoms with Crippen LogP contribution in [0.3, 0.4) is 0 Å². The van der Waals surface area contributed by atoms with Gasteiger partial charge in [0.15, 0.2) is 17.9 Å². The van der Waals surface area contributed by atoms with Crippen LogP contribution in [0, 0.1) is 22.1 Å². The van der Waals surface area contributed by atoms with Crippen LogP contribution >= 0.6 is 11.8 Å². The number of thioether (sulfide) groups is 1. The lowest BCUT2D eigenvalue weighted by atomic mass is 9.96. The SMILES string of the molecule is CC[C@H](C)[C@H](NC(=O)[C@H](CCCNC(=N)N)NC(=O)[C@H](C)NC(=O)[C@H](C)N)C(=O)N[C@@H](CCC(N)=O)C(=O)N[C@@H](C)C(=O)N[C@@H](CO)C(=O)N[C@@H](Cc1ccccc1)C(=O)N[C@@H](CCCNC(=N)N)C(=O)NCC(=O)N[C@@H](Cc1c[nH]cn1)C(=O)N[C@@H](CCSC)C(=O)N[C@@H](C)C(=O)N[C@@H](CCCNC(=N)N)C(=O)N[C@@H](CCCCN)C(=O)N[C@@H](CCCCN)C(=O)O. The van der Waals surface area contributed by atoms with Gasteiger partial charge in [-0.15, -0.1) is 0 Å². The summed E-state index contributed by atoms with van der Waals surface area (Å²) in [5.41, 5.74) is 39.5. The average Bonchev–Trinajstić information content (AvgIpc) is 0.880. The minimum Gasteiger partial charge on any atom is -0.480 e. The number of carbonyl (C=O) groups excluding carboxylic acids is 16. The lowest BCUT2D eigenvalue weighted by molar-refractivity contribution is -0.142. The van der Waals surface area contributed by atoms with Crippen molar-refractivity contribution < 1.29 is 91.7 Å². The molecular formula is C78H134N30O19S. The van der Waals surface area contributed by atoms with Gasteiger partial charge in [-0.2, -0.15) is 11.8 Å². The third-order valence-corrected chi connectivity index (χ3v) is 20.4. The number of aliphatic hydroxyl groups excluding tert-OH is 1. The van der Waals surface area contributed by atoms with E-state index in [-0.39, 0.29) is 133 Å². The van der Waals surface area contributed by atoms with E-state index in [4.69, 9.17) is 56.4 Å². The van der Waals surface area contributed by atoms with Gasteiger partial charge in [0, 0.05) is 45.1 Å². The number of carbonyl (C=O) groups is 17. The summed E-state index contributed by atoms with van der Waals surface area (Å²) < 4.78 is 0. The first kappa shape index (κ1) is 111. The number of nitrogens with zero attached hydrogens (tertiary/aromatic N) is 1. The first-order chi connectivity index (χ1) is 60.6. The number of hydrogen-bond donors (Lipinski definition) is 31. The normalized spacial score (nSPS) is 14.7. The molecule has 716 valence electrons. The summed E-state index contributed by atoms with van der Waals surface area (Å²) in [6.45, 7) is 7.19. The highest BCUT2D eigenvalue weighted by Crippen LogP contribution is 2.15. The summed E-state index contributed by atoms with van der Waals surface area (Å²) in [5.74, 6) is -17.8. The van der Waals surface area contributed by atoms with Crippen molar-refractivity contribution in [1.82, 2.24) is 106 Å². The van der Waals surface area contributed by atoms with Gasteiger partial charge in [0.1, 0.15) is 84.6 Å². The van der Waals surface area contributed by atoms with E-state index in [1.165, 1.54) is 52.0 Å². The summed E-state index contributed by atoms with van der Waals surface area (Å²) in [6, 6.07) is -13.4. The molecule has 0 aliphatic carbocycles. The Bertz CT molecular complexity index is 3980. The molecule has 0 spiro atoms. The summed E-state index contributed by atoms with van der Waals surface area (Å²) in [7, 11) is 0. The second-order valence-corrected chi connectivity index (χ2v) is 31.5. The highest BCUT2D eigenvalue weighted by atomic mass is 32.2. The molecule has 1 aromatic heterocycles. The fourth-order valence-corrected chi connectivity index (χ4v) is 12.7. The molecule has 2 aromatic rings. The second kappa shape index (κ2) is 60.9. The number of imidazole rings is 1. The zero-order valence-corrected chi connectivity index (χ0v) is 74.2. The number of benzene rings is 1. The zero-order chi connectivity index (χ0) is 96.1. The molecule has 49 nitrogen and oxygen atoms in total. The molecule has 0 saturated carbocycles. The first-order valence-electron chi connectivity index (χ1n) is 42.1. The summed E-state index contributed by atoms with van der Waals surface area (Å²) in [4.78, 5) is 241. The Labute approximate surface area is 746 Å². The lowest BCUT2D eigenvalue weighted by Crippen LogP contribution is -2.61. The molecule has 2 rings (SSSR count). The molecule has 38 N–H and O–H groups in total. The van der Waals surface area contributed by atoms with Gasteiger partial charge in [-0.05, 0) is 154 Å². The fraction of sp³-hybridized carbons (Fsp3) is 0.628. The molecule has 50 heteroatoms. The van der Waals surface area contributed by atoms with E-state index in [1.807, 2.05) is 0 Å². The van der Waals surface area contributed by atoms with Crippen molar-refractivity contribution in [3.8, 4) is 0 Å². The average molecular weight is 1830 g/mol. The Morgan fingerprint density at radius 2 is 0.805 bits per heavy atom. The maximum Gasteiger partial charge on any atom is 0.326 e. The number of aliphatic hydroxyl groups is 1. The van der Waals surface area contributed by atoms with Gasteiger partial charge in [-0.25, -0.2) is 9.78 Å². The van der Waals surface area contributed by atoms with Crippen LogP contribution in [-0.4, -0.2) is 287 Å². The van der Waals surface area contributed by atoms with E-state index in [9.17, 15) is 91.7 Å². The summed E-state index contributed by atoms with van der Waals surface area (Å²) in [5, 5.41) is 88.7. The second-order valence-electron chi connectivity index (χ2n) is 30.5. The molecular weight excluding hydrogens is 1690 g/mol. The van der Waals surface area contributed by atoms with Gasteiger partial charge >= 0.3 is 5.97 Å². The Morgan fingerprint density at radius 3 is 1.23 bits per heavy atom. The van der Waals surface area contributed by atoms with E-state index >= 15 is 0 Å². The van der Waals surface area contributed by atoms with Crippen LogP contribution in [0.5, 0.6) is 0 Å². The minimum absolute atomic E-state index is 0.0173. The van der Waals surface area contributed by atoms with Crippen molar-refractivity contribution in [1.29, 1.82) is 16.2 Å². The number of carboxylic acid groups (broad SMARTS) is 1. The number of hydrogen-bond acceptors (Lipinski definition) is 26. The van der Waals surface area contributed by atoms with E-state index < -0.39 is 229 Å². The molecule has 1 heterocycles. The van der Waals surface area contributed by atoms with Crippen molar-refractivity contribution in [3.05, 3.63) is 54.1 Å². The van der Waals surface area contributed by atoms with Crippen LogP contribution in [0.25, 0.3) is 0 Å². The molecule has 16 amide bonds. The van der Waals surface area contributed by atoms with E-state index in [0.29, 0.717) is 31.2 Å². The molecule has 0 saturated heterocycles. The Hall–Kier alpha value is -12.6. The summed E-state index contributed by atoms with van der Waals surface area (Å²) in [6.07, 6.45) is 4.77. The predicted molar refractivity (Wildman–Crippen MR) is 472 cm³/mol. The molecule has 0 radical (unpaired) electrons. The van der Waals surface area contributed by atoms with Crippen molar-refractivity contribution in [3.63, 3.8) is 0 Å². The van der Waals surface area contributed by atoms with Gasteiger partial charge in [-0.1, -0.05) is 50.6 Å². The maximum atomic E-state index is 14.6. The molecule has 0 bridgehead atoms. The lowest BCUT2D eigenvalue weighted by Gasteiger charge is -2.29. The third-order valence-electron chi connectivity index (χ3n) is 19.8. The molecule has 0 aliphatic heterocycles. The fourth-order valence-electron chi connectivity index (χ4n) is 12.2. The van der Waals surface area contributed by atoms with Crippen LogP contribution in [0.4, 0.5) is 0 Å². The van der Waals surface area contributed by atoms with Crippen LogP contribution in [0.15, 0.2) is 42.9 Å². The number of nitrogens with one attached hydrogen (secondary N) is 22. The number of nitrogens with two attached hydrogens (primary N) is 7. The number of rotatable bonds is 64. The largest absolute Gasteiger partial charge is 0.480 e. The molecule has 0 aliphatic rings. The van der Waals surface area contributed by atoms with Gasteiger partial charge < -0.3 is 151 Å². The van der Waals surface area contributed by atoms with Crippen molar-refractivity contribution in [2.45, 2.75) is 248 Å². The number of aliphatic carboxylic acids is 1. The molecule has 16 atom stereocenters. The number of primary amides is 1. The zero-order valence-electron chi connectivity index (χ0n) is 73.4. The number of carboxylic acids is 1. The van der Waals surface area contributed by atoms with Gasteiger partial charge in [-0.3, -0.25) is 92.9 Å². The number of aromatic amines is 1. The Kier molecular flexibility index (Phi) is 53.1. The standard InChI is InChI=1S/C78H134N30O19S/c1-8-41(2)60(108-70(121)51(25-18-33-92-78(87)88)100-62(113)43(4)95-61(112)42(3)81)74(125)104-52(26-27-58(82)110)66(117)96-45(6)64(115)107-57(39-109)73(124)106-55(35-46-19-10-9-11-20-46)71(122)101-48(23-16-31-90-76(83)84)65(116)93-38-59(111)98-56(36-47-37-89-40-94-47)72(123)103-53(28-34-128-7)67(118)97-44(5)63(114)99-50(24-17-32-91-77(85)86)68(119)102-49(21-12-14-29-79)69(120)105-54(75(126)127)22-13-15-30-80/h9-11,19-20,37,40-45,48-57,60,109H,8,12-18,21-36,38-39,79-81H2,1-7H3,(H2,82,110)(H,89,94)(H,93,116)(H,95,112)(H,96,117)(H,97,118)(H,98,111)(H,99,114)(H,100,113)(H,101,122)(H,102,119)(H,103,123)(H,104,125)(H,105,120)(H,106,124)(H,107,115)(H,108,121)(H,126,127)(H4,83,84,90)(H4,85,86,91)(H4,87,88,92)/t41-,42-,43-,44-,45-,48-,49-,50-,51-,52-,53-,54-,55-,56-,57-,60-/m0/s1. The molecule has 0 unspecified atom stereocenters. The highest BCUT2D eigenvalue weighted by molar-refractivity contribution is 7.98. The number of guanidine groups is 3. The van der Waals surface area contributed by atoms with Crippen molar-refractivity contribution in [2.24, 2.45) is 46.1 Å². The third kappa shape index (κ3) is 44.5. The monoisotopic (exact) mass is 1830 g/mol. The number of unbranched alkanes of at least 4 members (excludes halogenated alkanes) is 2. The van der Waals surface area contributed by atoms with Crippen LogP contribution < -0.4 is 136 Å². The Morgan fingerprint density at radius 1 is 0.430 bits per heavy atom. The van der Waals surface area contributed by atoms with Crippen molar-refractivity contribution in [2.75, 3.05) is 57.9 Å². The maximum absolute atomic E-state index is 14.6. The molecule has 0 fully saturated rings. The van der Waals surface area contributed by atoms with Gasteiger partial charge in [0.2, 0.25) is 94.5 Å². The molecule has 128 heavy (non-hydrogen) atoms. The van der Waals surface area contributed by atoms with E-state index in [2.05, 4.69) is 106 Å². The smallest absolute Gasteiger partial charge is 0.326 e. The van der Waals surface area contributed by atoms with E-state index in [1.54, 1.807) is 50.4 Å². The van der Waals surface area contributed by atoms with Crippen LogP contribution in [0.2, 0.25) is 0 Å².